The molecule has 1 aliphatic heterocycles. The molecule has 2 amide bonds. The number of benzene rings is 2. The van der Waals surface area contributed by atoms with Gasteiger partial charge < -0.3 is 4.57 Å². The standard InChI is InChI=1S/C22H17ClN2O2S/c1-14-5-3-7-19(15(14)2)24-12-4-6-18(24)13-20-21(26)25(22(27)28-20)17-10-8-16(23)9-11-17/h3-13H,1-2H3/b20-13+. The highest BCUT2D eigenvalue weighted by atomic mass is 35.5. The number of carbonyl (C=O) groups excluding carboxylic acids is 2. The average Bonchev–Trinajstić information content (AvgIpc) is 3.23. The minimum atomic E-state index is -0.328. The van der Waals surface area contributed by atoms with E-state index in [4.69, 9.17) is 11.6 Å². The molecule has 6 heteroatoms. The summed E-state index contributed by atoms with van der Waals surface area (Å²) in [6.07, 6.45) is 3.72. The van der Waals surface area contributed by atoms with E-state index < -0.39 is 0 Å². The minimum Gasteiger partial charge on any atom is -0.317 e. The Hall–Kier alpha value is -2.76. The van der Waals surface area contributed by atoms with E-state index in [1.165, 1.54) is 16.0 Å². The summed E-state index contributed by atoms with van der Waals surface area (Å²) in [5, 5.41) is 0.237. The van der Waals surface area contributed by atoms with E-state index in [0.29, 0.717) is 15.6 Å². The number of imide groups is 1. The maximum Gasteiger partial charge on any atom is 0.298 e. The summed E-state index contributed by atoms with van der Waals surface area (Å²) in [5.41, 5.74) is 4.77. The van der Waals surface area contributed by atoms with Gasteiger partial charge in [0, 0.05) is 22.6 Å². The number of amides is 2. The van der Waals surface area contributed by atoms with Gasteiger partial charge in [0.15, 0.2) is 0 Å². The molecule has 4 rings (SSSR count). The Morgan fingerprint density at radius 3 is 2.46 bits per heavy atom. The largest absolute Gasteiger partial charge is 0.317 e. The summed E-state index contributed by atoms with van der Waals surface area (Å²) in [6.45, 7) is 4.14. The Morgan fingerprint density at radius 1 is 0.964 bits per heavy atom. The third-order valence-corrected chi connectivity index (χ3v) is 5.89. The van der Waals surface area contributed by atoms with Crippen LogP contribution in [0.1, 0.15) is 16.8 Å². The number of halogens is 1. The number of rotatable bonds is 3. The highest BCUT2D eigenvalue weighted by Crippen LogP contribution is 2.36. The summed E-state index contributed by atoms with van der Waals surface area (Å²) in [4.78, 5) is 26.9. The van der Waals surface area contributed by atoms with Crippen LogP contribution in [0.25, 0.3) is 11.8 Å². The molecular formula is C22H17ClN2O2S. The predicted molar refractivity (Wildman–Crippen MR) is 115 cm³/mol. The van der Waals surface area contributed by atoms with Crippen molar-refractivity contribution >= 4 is 46.3 Å². The van der Waals surface area contributed by atoms with Crippen LogP contribution in [0.15, 0.2) is 65.7 Å². The topological polar surface area (TPSA) is 42.3 Å². The van der Waals surface area contributed by atoms with Crippen molar-refractivity contribution < 1.29 is 9.59 Å². The van der Waals surface area contributed by atoms with Gasteiger partial charge in [-0.3, -0.25) is 9.59 Å². The van der Waals surface area contributed by atoms with Crippen molar-refractivity contribution in [3.63, 3.8) is 0 Å². The lowest BCUT2D eigenvalue weighted by molar-refractivity contribution is -0.113. The maximum atomic E-state index is 12.9. The van der Waals surface area contributed by atoms with Gasteiger partial charge >= 0.3 is 0 Å². The number of hydrogen-bond donors (Lipinski definition) is 0. The zero-order chi connectivity index (χ0) is 19.8. The molecule has 1 aliphatic rings. The van der Waals surface area contributed by atoms with E-state index in [9.17, 15) is 9.59 Å². The van der Waals surface area contributed by atoms with Crippen molar-refractivity contribution in [2.24, 2.45) is 0 Å². The number of aryl methyl sites for hydroxylation is 1. The van der Waals surface area contributed by atoms with E-state index in [1.807, 2.05) is 35.0 Å². The number of hydrogen-bond acceptors (Lipinski definition) is 3. The van der Waals surface area contributed by atoms with Gasteiger partial charge in [-0.2, -0.15) is 0 Å². The molecular weight excluding hydrogens is 392 g/mol. The van der Waals surface area contributed by atoms with Gasteiger partial charge in [0.2, 0.25) is 0 Å². The van der Waals surface area contributed by atoms with Crippen molar-refractivity contribution in [1.29, 1.82) is 0 Å². The Labute approximate surface area is 172 Å². The van der Waals surface area contributed by atoms with Crippen LogP contribution in [0.4, 0.5) is 10.5 Å². The molecule has 2 aromatic carbocycles. The van der Waals surface area contributed by atoms with Crippen LogP contribution in [0.2, 0.25) is 5.02 Å². The van der Waals surface area contributed by atoms with Crippen LogP contribution in [-0.2, 0) is 4.79 Å². The van der Waals surface area contributed by atoms with Crippen molar-refractivity contribution in [2.45, 2.75) is 13.8 Å². The van der Waals surface area contributed by atoms with Crippen LogP contribution in [0.5, 0.6) is 0 Å². The van der Waals surface area contributed by atoms with E-state index in [2.05, 4.69) is 19.9 Å². The van der Waals surface area contributed by atoms with Crippen molar-refractivity contribution in [1.82, 2.24) is 4.57 Å². The van der Waals surface area contributed by atoms with E-state index >= 15 is 0 Å². The fourth-order valence-electron chi connectivity index (χ4n) is 3.14. The normalized spacial score (nSPS) is 15.7. The van der Waals surface area contributed by atoms with Crippen molar-refractivity contribution in [3.05, 3.63) is 87.5 Å². The lowest BCUT2D eigenvalue weighted by Gasteiger charge is -2.13. The Bertz CT molecular complexity index is 1120. The molecule has 140 valence electrons. The second-order valence-corrected chi connectivity index (χ2v) is 7.95. The maximum absolute atomic E-state index is 12.9. The quantitative estimate of drug-likeness (QED) is 0.500. The molecule has 0 atom stereocenters. The molecule has 0 bridgehead atoms. The molecule has 0 aliphatic carbocycles. The summed E-state index contributed by atoms with van der Waals surface area (Å²) in [7, 11) is 0. The van der Waals surface area contributed by atoms with Gasteiger partial charge in [-0.25, -0.2) is 4.90 Å². The first-order valence-electron chi connectivity index (χ1n) is 8.73. The minimum absolute atomic E-state index is 0.316. The monoisotopic (exact) mass is 408 g/mol. The van der Waals surface area contributed by atoms with Gasteiger partial charge in [0.05, 0.1) is 10.6 Å². The molecule has 1 aromatic heterocycles. The molecule has 4 nitrogen and oxygen atoms in total. The first kappa shape index (κ1) is 18.6. The van der Waals surface area contributed by atoms with Crippen molar-refractivity contribution in [3.8, 4) is 5.69 Å². The predicted octanol–water partition coefficient (Wildman–Crippen LogP) is 5.99. The molecule has 0 unspecified atom stereocenters. The molecule has 28 heavy (non-hydrogen) atoms. The molecule has 1 saturated heterocycles. The van der Waals surface area contributed by atoms with Gasteiger partial charge in [-0.1, -0.05) is 23.7 Å². The zero-order valence-corrected chi connectivity index (χ0v) is 16.9. The summed E-state index contributed by atoms with van der Waals surface area (Å²) in [5.74, 6) is -0.328. The summed E-state index contributed by atoms with van der Waals surface area (Å²) < 4.78 is 2.03. The first-order valence-corrected chi connectivity index (χ1v) is 9.92. The highest BCUT2D eigenvalue weighted by molar-refractivity contribution is 8.19. The molecule has 2 heterocycles. The van der Waals surface area contributed by atoms with Crippen LogP contribution >= 0.6 is 23.4 Å². The smallest absolute Gasteiger partial charge is 0.298 e. The number of thioether (sulfide) groups is 1. The molecule has 0 N–H and O–H groups in total. The second kappa shape index (κ2) is 7.34. The number of anilines is 1. The van der Waals surface area contributed by atoms with Gasteiger partial charge in [-0.05, 0) is 85.3 Å². The van der Waals surface area contributed by atoms with E-state index in [-0.39, 0.29) is 11.1 Å². The second-order valence-electron chi connectivity index (χ2n) is 6.52. The summed E-state index contributed by atoms with van der Waals surface area (Å²) in [6, 6.07) is 16.6. The zero-order valence-electron chi connectivity index (χ0n) is 15.3. The van der Waals surface area contributed by atoms with E-state index in [0.717, 1.165) is 23.1 Å². The Balaban J connectivity index is 1.71. The third-order valence-electron chi connectivity index (χ3n) is 4.77. The third kappa shape index (κ3) is 3.28. The van der Waals surface area contributed by atoms with E-state index in [1.54, 1.807) is 30.3 Å². The molecule has 0 saturated carbocycles. The lowest BCUT2D eigenvalue weighted by atomic mass is 10.1. The molecule has 0 radical (unpaired) electrons. The molecule has 1 fully saturated rings. The number of carbonyl (C=O) groups is 2. The van der Waals surface area contributed by atoms with Gasteiger partial charge in [-0.15, -0.1) is 0 Å². The van der Waals surface area contributed by atoms with Crippen molar-refractivity contribution in [2.75, 3.05) is 4.90 Å². The Morgan fingerprint density at radius 2 is 1.71 bits per heavy atom. The van der Waals surface area contributed by atoms with Crippen LogP contribution < -0.4 is 4.90 Å². The van der Waals surface area contributed by atoms with Crippen LogP contribution in [0.3, 0.4) is 0 Å². The number of nitrogens with zero attached hydrogens (tertiary/aromatic N) is 2. The molecule has 3 aromatic rings. The van der Waals surface area contributed by atoms with Crippen LogP contribution in [0, 0.1) is 13.8 Å². The molecule has 0 spiro atoms. The number of aromatic nitrogens is 1. The SMILES string of the molecule is Cc1cccc(-n2cccc2/C=C2/SC(=O)N(c3ccc(Cl)cc3)C2=O)c1C. The first-order chi connectivity index (χ1) is 13.5. The lowest BCUT2D eigenvalue weighted by Crippen LogP contribution is -2.27. The average molecular weight is 409 g/mol. The summed E-state index contributed by atoms with van der Waals surface area (Å²) >= 11 is 6.85. The fourth-order valence-corrected chi connectivity index (χ4v) is 4.09. The van der Waals surface area contributed by atoms with Gasteiger partial charge in [0.25, 0.3) is 11.1 Å². The Kier molecular flexibility index (Phi) is 4.87. The fraction of sp³-hybridized carbons (Fsp3) is 0.0909. The van der Waals surface area contributed by atoms with Gasteiger partial charge in [0.1, 0.15) is 0 Å². The van der Waals surface area contributed by atoms with Crippen LogP contribution in [-0.4, -0.2) is 15.7 Å². The highest BCUT2D eigenvalue weighted by Gasteiger charge is 2.36.